The van der Waals surface area contributed by atoms with Gasteiger partial charge in [0.15, 0.2) is 5.82 Å². The third kappa shape index (κ3) is 2.51. The van der Waals surface area contributed by atoms with Crippen molar-refractivity contribution in [3.63, 3.8) is 0 Å². The maximum Gasteiger partial charge on any atom is 0.151 e. The van der Waals surface area contributed by atoms with Gasteiger partial charge in [0.05, 0.1) is 11.9 Å². The maximum absolute atomic E-state index is 13.8. The highest BCUT2D eigenvalue weighted by molar-refractivity contribution is 9.10. The van der Waals surface area contributed by atoms with Crippen molar-refractivity contribution in [1.82, 2.24) is 9.97 Å². The van der Waals surface area contributed by atoms with Crippen LogP contribution in [0.5, 0.6) is 0 Å². The number of rotatable bonds is 2. The highest BCUT2D eigenvalue weighted by Crippen LogP contribution is 2.34. The Labute approximate surface area is 128 Å². The van der Waals surface area contributed by atoms with Gasteiger partial charge in [0, 0.05) is 26.7 Å². The molecule has 0 saturated heterocycles. The van der Waals surface area contributed by atoms with E-state index in [4.69, 9.17) is 0 Å². The summed E-state index contributed by atoms with van der Waals surface area (Å²) in [6, 6.07) is 9.60. The summed E-state index contributed by atoms with van der Waals surface area (Å²) in [6.45, 7) is 2.00. The molecular formula is C15H10BrFN2S. The van der Waals surface area contributed by atoms with Gasteiger partial charge in [-0.2, -0.15) is 0 Å². The van der Waals surface area contributed by atoms with E-state index >= 15 is 0 Å². The second kappa shape index (κ2) is 5.42. The molecule has 0 fully saturated rings. The van der Waals surface area contributed by atoms with Gasteiger partial charge in [-0.15, -0.1) is 11.3 Å². The first-order valence-electron chi connectivity index (χ1n) is 5.98. The Bertz CT molecular complexity index is 753. The van der Waals surface area contributed by atoms with Gasteiger partial charge in [0.1, 0.15) is 5.01 Å². The lowest BCUT2D eigenvalue weighted by molar-refractivity contribution is 0.625. The fourth-order valence-corrected chi connectivity index (χ4v) is 3.16. The van der Waals surface area contributed by atoms with Gasteiger partial charge < -0.3 is 0 Å². The van der Waals surface area contributed by atoms with Crippen molar-refractivity contribution in [2.24, 2.45) is 0 Å². The molecule has 3 aromatic rings. The lowest BCUT2D eigenvalue weighted by Crippen LogP contribution is -1.85. The largest absolute Gasteiger partial charge is 0.262 e. The minimum absolute atomic E-state index is 0.344. The summed E-state index contributed by atoms with van der Waals surface area (Å²) in [5, 5.41) is 0.681. The molecule has 3 rings (SSSR count). The average molecular weight is 349 g/mol. The number of benzene rings is 1. The molecule has 20 heavy (non-hydrogen) atoms. The first-order valence-corrected chi connectivity index (χ1v) is 7.59. The van der Waals surface area contributed by atoms with Gasteiger partial charge in [0.2, 0.25) is 0 Å². The number of aromatic nitrogens is 2. The molecule has 0 spiro atoms. The van der Waals surface area contributed by atoms with E-state index in [-0.39, 0.29) is 5.82 Å². The smallest absolute Gasteiger partial charge is 0.151 e. The Hall–Kier alpha value is -1.59. The second-order valence-corrected chi connectivity index (χ2v) is 6.41. The number of nitrogens with zero attached hydrogens (tertiary/aromatic N) is 2. The number of thiazole rings is 1. The lowest BCUT2D eigenvalue weighted by Gasteiger charge is -1.99. The molecule has 0 amide bonds. The van der Waals surface area contributed by atoms with Gasteiger partial charge in [-0.3, -0.25) is 4.98 Å². The Morgan fingerprint density at radius 1 is 1.15 bits per heavy atom. The molecule has 0 atom stereocenters. The van der Waals surface area contributed by atoms with Crippen molar-refractivity contribution < 1.29 is 4.39 Å². The van der Waals surface area contributed by atoms with Gasteiger partial charge in [0.25, 0.3) is 0 Å². The molecule has 100 valence electrons. The molecule has 2 heterocycles. The van der Waals surface area contributed by atoms with E-state index in [1.165, 1.54) is 17.5 Å². The van der Waals surface area contributed by atoms with Crippen LogP contribution in [0.15, 0.2) is 47.2 Å². The summed E-state index contributed by atoms with van der Waals surface area (Å²) < 4.78 is 14.8. The van der Waals surface area contributed by atoms with Crippen molar-refractivity contribution in [2.45, 2.75) is 6.92 Å². The zero-order valence-corrected chi connectivity index (χ0v) is 13.0. The fraction of sp³-hybridized carbons (Fsp3) is 0.0667. The number of halogens is 2. The minimum atomic E-state index is -0.344. The van der Waals surface area contributed by atoms with Crippen molar-refractivity contribution >= 4 is 27.3 Å². The van der Waals surface area contributed by atoms with Crippen LogP contribution in [0.25, 0.3) is 21.8 Å². The molecule has 0 bridgehead atoms. The molecule has 0 radical (unpaired) electrons. The Morgan fingerprint density at radius 3 is 2.60 bits per heavy atom. The first kappa shape index (κ1) is 13.4. The minimum Gasteiger partial charge on any atom is -0.262 e. The normalized spacial score (nSPS) is 10.8. The van der Waals surface area contributed by atoms with E-state index in [9.17, 15) is 4.39 Å². The van der Waals surface area contributed by atoms with Crippen LogP contribution >= 0.6 is 27.3 Å². The molecule has 0 aliphatic rings. The molecule has 0 N–H and O–H groups in total. The molecule has 0 unspecified atom stereocenters. The highest BCUT2D eigenvalue weighted by atomic mass is 79.9. The molecule has 0 saturated carbocycles. The van der Waals surface area contributed by atoms with E-state index in [2.05, 4.69) is 25.9 Å². The van der Waals surface area contributed by atoms with Crippen LogP contribution in [0.4, 0.5) is 4.39 Å². The van der Waals surface area contributed by atoms with E-state index in [0.29, 0.717) is 10.6 Å². The van der Waals surface area contributed by atoms with Crippen LogP contribution in [0.3, 0.4) is 0 Å². The summed E-state index contributed by atoms with van der Waals surface area (Å²) in [5.74, 6) is -0.344. The summed E-state index contributed by atoms with van der Waals surface area (Å²) in [5.41, 5.74) is 2.42. The topological polar surface area (TPSA) is 25.8 Å². The van der Waals surface area contributed by atoms with Gasteiger partial charge in [-0.1, -0.05) is 28.1 Å². The number of hydrogen-bond acceptors (Lipinski definition) is 3. The van der Waals surface area contributed by atoms with Gasteiger partial charge in [-0.05, 0) is 25.1 Å². The zero-order valence-electron chi connectivity index (χ0n) is 10.6. The molecule has 1 aromatic carbocycles. The number of pyridine rings is 1. The van der Waals surface area contributed by atoms with Crippen LogP contribution < -0.4 is 0 Å². The Kier molecular flexibility index (Phi) is 3.63. The van der Waals surface area contributed by atoms with E-state index in [1.807, 2.05) is 31.2 Å². The Morgan fingerprint density at radius 2 is 1.90 bits per heavy atom. The fourth-order valence-electron chi connectivity index (χ4n) is 1.94. The average Bonchev–Trinajstić information content (AvgIpc) is 2.82. The van der Waals surface area contributed by atoms with Crippen molar-refractivity contribution in [1.29, 1.82) is 0 Å². The molecule has 2 nitrogen and oxygen atoms in total. The van der Waals surface area contributed by atoms with Crippen molar-refractivity contribution in [3.8, 4) is 21.8 Å². The monoisotopic (exact) mass is 348 g/mol. The van der Waals surface area contributed by atoms with Crippen LogP contribution in [0.1, 0.15) is 4.88 Å². The first-order chi connectivity index (χ1) is 9.65. The van der Waals surface area contributed by atoms with Crippen LogP contribution in [0, 0.1) is 12.7 Å². The second-order valence-electron chi connectivity index (χ2n) is 4.29. The lowest BCUT2D eigenvalue weighted by atomic mass is 10.1. The summed E-state index contributed by atoms with van der Waals surface area (Å²) in [4.78, 5) is 9.41. The molecule has 2 aromatic heterocycles. The van der Waals surface area contributed by atoms with Crippen LogP contribution in [0.2, 0.25) is 0 Å². The summed E-state index contributed by atoms with van der Waals surface area (Å²) in [7, 11) is 0. The quantitative estimate of drug-likeness (QED) is 0.645. The highest BCUT2D eigenvalue weighted by Gasteiger charge is 2.14. The number of aryl methyl sites for hydroxylation is 1. The molecule has 0 aliphatic carbocycles. The van der Waals surface area contributed by atoms with Gasteiger partial charge in [-0.25, -0.2) is 9.37 Å². The summed E-state index contributed by atoms with van der Waals surface area (Å²) >= 11 is 4.90. The zero-order chi connectivity index (χ0) is 14.1. The standard InChI is InChI=1S/C15H10BrFN2S/c1-9-14(10-2-4-11(16)5-3-10)19-15(20-9)12-6-7-18-8-13(12)17/h2-8H,1H3. The third-order valence-corrected chi connectivity index (χ3v) is 4.45. The van der Waals surface area contributed by atoms with Crippen LogP contribution in [-0.4, -0.2) is 9.97 Å². The third-order valence-electron chi connectivity index (χ3n) is 2.92. The predicted molar refractivity (Wildman–Crippen MR) is 83.2 cm³/mol. The van der Waals surface area contributed by atoms with E-state index in [0.717, 1.165) is 20.6 Å². The SMILES string of the molecule is Cc1sc(-c2ccncc2F)nc1-c1ccc(Br)cc1. The number of hydrogen-bond donors (Lipinski definition) is 0. The molecule has 5 heteroatoms. The van der Waals surface area contributed by atoms with E-state index < -0.39 is 0 Å². The van der Waals surface area contributed by atoms with E-state index in [1.54, 1.807) is 12.3 Å². The van der Waals surface area contributed by atoms with Crippen molar-refractivity contribution in [3.05, 3.63) is 57.9 Å². The predicted octanol–water partition coefficient (Wildman–Crippen LogP) is 5.08. The maximum atomic E-state index is 13.8. The van der Waals surface area contributed by atoms with Crippen LogP contribution in [-0.2, 0) is 0 Å². The molecular weight excluding hydrogens is 339 g/mol. The van der Waals surface area contributed by atoms with Crippen molar-refractivity contribution in [2.75, 3.05) is 0 Å². The van der Waals surface area contributed by atoms with Gasteiger partial charge >= 0.3 is 0 Å². The molecule has 0 aliphatic heterocycles. The summed E-state index contributed by atoms with van der Waals surface area (Å²) in [6.07, 6.45) is 2.79. The Balaban J connectivity index is 2.08.